The van der Waals surface area contributed by atoms with Gasteiger partial charge in [0.1, 0.15) is 0 Å². The Morgan fingerprint density at radius 1 is 1.00 bits per heavy atom. The maximum atomic E-state index is 13.2. The number of hydrogen-bond acceptors (Lipinski definition) is 3. The van der Waals surface area contributed by atoms with Crippen LogP contribution in [0.3, 0.4) is 0 Å². The Kier molecular flexibility index (Phi) is 4.63. The molecule has 0 aliphatic carbocycles. The van der Waals surface area contributed by atoms with Crippen LogP contribution in [0.5, 0.6) is 0 Å². The van der Waals surface area contributed by atoms with Crippen LogP contribution < -0.4 is 9.62 Å². The molecule has 0 bridgehead atoms. The Balaban J connectivity index is 2.42. The maximum absolute atomic E-state index is 13.2. The van der Waals surface area contributed by atoms with Crippen molar-refractivity contribution >= 4 is 27.2 Å². The highest BCUT2D eigenvalue weighted by Crippen LogP contribution is 2.42. The van der Waals surface area contributed by atoms with Crippen molar-refractivity contribution in [1.82, 2.24) is 5.32 Å². The summed E-state index contributed by atoms with van der Waals surface area (Å²) in [5.74, 6) is -0.575. The van der Waals surface area contributed by atoms with E-state index in [9.17, 15) is 13.2 Å². The molecule has 1 amide bonds. The van der Waals surface area contributed by atoms with Gasteiger partial charge in [0.05, 0.1) is 5.69 Å². The van der Waals surface area contributed by atoms with Crippen LogP contribution in [0.25, 0.3) is 5.57 Å². The quantitative estimate of drug-likeness (QED) is 0.916. The molecule has 0 aromatic heterocycles. The van der Waals surface area contributed by atoms with Gasteiger partial charge in [-0.05, 0) is 25.5 Å². The molecule has 0 unspecified atom stereocenters. The minimum atomic E-state index is -3.95. The summed E-state index contributed by atoms with van der Waals surface area (Å²) < 4.78 is 27.7. The molecule has 130 valence electrons. The first kappa shape index (κ1) is 17.2. The number of amides is 1. The van der Waals surface area contributed by atoms with Gasteiger partial charge in [-0.15, -0.1) is 0 Å². The fraction of sp³-hybridized carbons (Fsp3) is 0.211. The number of sulfonamides is 1. The first-order valence-electron chi connectivity index (χ1n) is 8.22. The molecular formula is C19H20N2O3S. The molecule has 1 aliphatic heterocycles. The summed E-state index contributed by atoms with van der Waals surface area (Å²) >= 11 is 0. The number of nitrogens with one attached hydrogen (secondary N) is 1. The summed E-state index contributed by atoms with van der Waals surface area (Å²) in [4.78, 5) is 12.5. The fourth-order valence-corrected chi connectivity index (χ4v) is 4.87. The number of para-hydroxylation sites is 1. The van der Waals surface area contributed by atoms with Gasteiger partial charge in [-0.25, -0.2) is 8.42 Å². The van der Waals surface area contributed by atoms with Crippen molar-refractivity contribution in [3.63, 3.8) is 0 Å². The fourth-order valence-electron chi connectivity index (χ4n) is 3.10. The number of benzene rings is 2. The Hall–Kier alpha value is -2.60. The maximum Gasteiger partial charge on any atom is 0.270 e. The molecule has 1 heterocycles. The molecule has 3 rings (SSSR count). The van der Waals surface area contributed by atoms with Gasteiger partial charge in [-0.3, -0.25) is 9.10 Å². The largest absolute Gasteiger partial charge is 0.352 e. The lowest BCUT2D eigenvalue weighted by molar-refractivity contribution is -0.116. The molecule has 25 heavy (non-hydrogen) atoms. The molecule has 0 radical (unpaired) electrons. The van der Waals surface area contributed by atoms with Gasteiger partial charge in [0.2, 0.25) is 0 Å². The molecule has 0 atom stereocenters. The first-order valence-corrected chi connectivity index (χ1v) is 9.66. The minimum Gasteiger partial charge on any atom is -0.352 e. The highest BCUT2D eigenvalue weighted by atomic mass is 32.2. The normalized spacial score (nSPS) is 15.7. The standard InChI is InChI=1S/C19H20N2O3S/c1-3-20-19(22)18-17(14-10-6-5-7-11-14)15-12-8-9-13-16(15)21(4-2)25(18,23)24/h5-13H,3-4H2,1-2H3,(H,20,22). The topological polar surface area (TPSA) is 66.5 Å². The number of fused-ring (bicyclic) bond motifs is 1. The summed E-state index contributed by atoms with van der Waals surface area (Å²) in [6, 6.07) is 16.4. The van der Waals surface area contributed by atoms with Crippen LogP contribution in [0.2, 0.25) is 0 Å². The van der Waals surface area contributed by atoms with E-state index in [1.165, 1.54) is 4.31 Å². The molecule has 1 aliphatic rings. The lowest BCUT2D eigenvalue weighted by atomic mass is 9.95. The van der Waals surface area contributed by atoms with Crippen molar-refractivity contribution in [2.45, 2.75) is 13.8 Å². The Morgan fingerprint density at radius 3 is 2.28 bits per heavy atom. The Morgan fingerprint density at radius 2 is 1.64 bits per heavy atom. The highest BCUT2D eigenvalue weighted by molar-refractivity contribution is 7.97. The van der Waals surface area contributed by atoms with E-state index in [1.807, 2.05) is 42.5 Å². The van der Waals surface area contributed by atoms with E-state index in [-0.39, 0.29) is 11.4 Å². The van der Waals surface area contributed by atoms with E-state index in [0.717, 1.165) is 5.56 Å². The van der Waals surface area contributed by atoms with Gasteiger partial charge in [-0.2, -0.15) is 0 Å². The number of likely N-dealkylation sites (N-methyl/N-ethyl adjacent to an activating group) is 1. The first-order chi connectivity index (χ1) is 12.0. The highest BCUT2D eigenvalue weighted by Gasteiger charge is 2.40. The van der Waals surface area contributed by atoms with Gasteiger partial charge in [0, 0.05) is 24.2 Å². The third-order valence-electron chi connectivity index (χ3n) is 4.11. The second-order valence-corrected chi connectivity index (χ2v) is 7.42. The predicted octanol–water partition coefficient (Wildman–Crippen LogP) is 2.75. The zero-order valence-electron chi connectivity index (χ0n) is 14.2. The summed E-state index contributed by atoms with van der Waals surface area (Å²) in [7, 11) is -3.95. The molecule has 0 spiro atoms. The zero-order chi connectivity index (χ0) is 18.0. The minimum absolute atomic E-state index is 0.193. The van der Waals surface area contributed by atoms with Gasteiger partial charge >= 0.3 is 0 Å². The van der Waals surface area contributed by atoms with Crippen molar-refractivity contribution in [2.75, 3.05) is 17.4 Å². The summed E-state index contributed by atoms with van der Waals surface area (Å²) in [5, 5.41) is 2.64. The van der Waals surface area contributed by atoms with Crippen LogP contribution in [-0.2, 0) is 14.8 Å². The lowest BCUT2D eigenvalue weighted by Crippen LogP contribution is -2.41. The number of anilines is 1. The van der Waals surface area contributed by atoms with Gasteiger partial charge < -0.3 is 5.32 Å². The summed E-state index contributed by atoms with van der Waals surface area (Å²) in [6.07, 6.45) is 0. The predicted molar refractivity (Wildman–Crippen MR) is 99.5 cm³/mol. The van der Waals surface area contributed by atoms with Crippen LogP contribution in [0, 0.1) is 0 Å². The molecule has 5 nitrogen and oxygen atoms in total. The van der Waals surface area contributed by atoms with Crippen molar-refractivity contribution < 1.29 is 13.2 Å². The molecule has 1 N–H and O–H groups in total. The lowest BCUT2D eigenvalue weighted by Gasteiger charge is -2.32. The van der Waals surface area contributed by atoms with E-state index in [0.29, 0.717) is 23.4 Å². The molecule has 0 fully saturated rings. The van der Waals surface area contributed by atoms with Crippen molar-refractivity contribution in [2.24, 2.45) is 0 Å². The number of carbonyl (C=O) groups is 1. The number of nitrogens with zero attached hydrogens (tertiary/aromatic N) is 1. The van der Waals surface area contributed by atoms with Crippen molar-refractivity contribution in [1.29, 1.82) is 0 Å². The molecule has 0 saturated heterocycles. The molecular weight excluding hydrogens is 336 g/mol. The summed E-state index contributed by atoms with van der Waals surface area (Å²) in [6.45, 7) is 4.14. The second kappa shape index (κ2) is 6.72. The zero-order valence-corrected chi connectivity index (χ0v) is 15.0. The Bertz CT molecular complexity index is 934. The van der Waals surface area contributed by atoms with Crippen LogP contribution in [-0.4, -0.2) is 27.4 Å². The average Bonchev–Trinajstić information content (AvgIpc) is 2.61. The van der Waals surface area contributed by atoms with Crippen LogP contribution >= 0.6 is 0 Å². The van der Waals surface area contributed by atoms with E-state index in [1.54, 1.807) is 26.0 Å². The molecule has 0 saturated carbocycles. The number of rotatable bonds is 4. The molecule has 6 heteroatoms. The smallest absolute Gasteiger partial charge is 0.270 e. The van der Waals surface area contributed by atoms with Crippen LogP contribution in [0.1, 0.15) is 25.0 Å². The SMILES string of the molecule is CCNC(=O)C1=C(c2ccccc2)c2ccccc2N(CC)S1(=O)=O. The second-order valence-electron chi connectivity index (χ2n) is 5.62. The average molecular weight is 356 g/mol. The van der Waals surface area contributed by atoms with Gasteiger partial charge in [0.25, 0.3) is 15.9 Å². The van der Waals surface area contributed by atoms with Crippen LogP contribution in [0.4, 0.5) is 5.69 Å². The van der Waals surface area contributed by atoms with Crippen molar-refractivity contribution in [3.05, 3.63) is 70.6 Å². The van der Waals surface area contributed by atoms with E-state index in [2.05, 4.69) is 5.32 Å². The van der Waals surface area contributed by atoms with Gasteiger partial charge in [0.15, 0.2) is 4.91 Å². The van der Waals surface area contributed by atoms with E-state index >= 15 is 0 Å². The summed E-state index contributed by atoms with van der Waals surface area (Å²) in [5.41, 5.74) is 2.49. The number of carbonyl (C=O) groups excluding carboxylic acids is 1. The number of hydrogen-bond donors (Lipinski definition) is 1. The molecule has 2 aromatic rings. The van der Waals surface area contributed by atoms with E-state index in [4.69, 9.17) is 0 Å². The van der Waals surface area contributed by atoms with Crippen molar-refractivity contribution in [3.8, 4) is 0 Å². The Labute approximate surface area is 148 Å². The van der Waals surface area contributed by atoms with Crippen LogP contribution in [0.15, 0.2) is 59.5 Å². The third kappa shape index (κ3) is 2.82. The monoisotopic (exact) mass is 356 g/mol. The third-order valence-corrected chi connectivity index (χ3v) is 6.05. The van der Waals surface area contributed by atoms with Gasteiger partial charge in [-0.1, -0.05) is 48.5 Å². The van der Waals surface area contributed by atoms with E-state index < -0.39 is 15.9 Å². The molecule has 2 aromatic carbocycles.